The Kier molecular flexibility index (Phi) is 6.99. The van der Waals surface area contributed by atoms with E-state index in [2.05, 4.69) is 10.2 Å². The average Bonchev–Trinajstić information content (AvgIpc) is 2.72. The molecule has 0 saturated heterocycles. The van der Waals surface area contributed by atoms with E-state index in [1.807, 2.05) is 50.2 Å². The molecule has 0 aliphatic heterocycles. The molecule has 156 valence electrons. The molecule has 2 aromatic rings. The number of para-hydroxylation sites is 1. The topological polar surface area (TPSA) is 82.0 Å². The number of phenols is 1. The first-order valence-electron chi connectivity index (χ1n) is 10.3. The Morgan fingerprint density at radius 3 is 2.52 bits per heavy atom. The third-order valence-electron chi connectivity index (χ3n) is 5.50. The van der Waals surface area contributed by atoms with E-state index in [-0.39, 0.29) is 17.4 Å². The number of hydrogen-bond acceptors (Lipinski definition) is 5. The van der Waals surface area contributed by atoms with Gasteiger partial charge in [-0.05, 0) is 57.4 Å². The van der Waals surface area contributed by atoms with Crippen molar-refractivity contribution in [2.24, 2.45) is 0 Å². The van der Waals surface area contributed by atoms with Crippen LogP contribution in [0.4, 0.5) is 5.69 Å². The van der Waals surface area contributed by atoms with Crippen LogP contribution in [0.2, 0.25) is 0 Å². The summed E-state index contributed by atoms with van der Waals surface area (Å²) in [5.74, 6) is 0.250. The predicted octanol–water partition coefficient (Wildman–Crippen LogP) is 3.33. The van der Waals surface area contributed by atoms with E-state index in [9.17, 15) is 15.0 Å². The minimum absolute atomic E-state index is 0.0608. The largest absolute Gasteiger partial charge is 0.507 e. The molecule has 2 aromatic carbocycles. The number of phenolic OH excluding ortho intramolecular Hbond substituents is 1. The summed E-state index contributed by atoms with van der Waals surface area (Å²) in [5, 5.41) is 24.0. The Morgan fingerprint density at radius 1 is 1.14 bits per heavy atom. The molecule has 3 N–H and O–H groups in total. The van der Waals surface area contributed by atoms with Crippen LogP contribution in [0.3, 0.4) is 0 Å². The number of nitrogens with one attached hydrogen (secondary N) is 1. The van der Waals surface area contributed by atoms with Crippen molar-refractivity contribution in [3.05, 3.63) is 54.1 Å². The molecular formula is C23H30N2O4. The number of nitrogens with zero attached hydrogens (tertiary/aromatic N) is 1. The highest BCUT2D eigenvalue weighted by atomic mass is 16.5. The molecule has 3 rings (SSSR count). The third-order valence-corrected chi connectivity index (χ3v) is 5.50. The number of aliphatic hydroxyl groups excluding tert-OH is 1. The van der Waals surface area contributed by atoms with Gasteiger partial charge in [0.2, 0.25) is 0 Å². The number of hydrogen-bond donors (Lipinski definition) is 3. The van der Waals surface area contributed by atoms with Crippen molar-refractivity contribution in [2.45, 2.75) is 51.4 Å². The monoisotopic (exact) mass is 398 g/mol. The highest BCUT2D eigenvalue weighted by molar-refractivity contribution is 5.97. The van der Waals surface area contributed by atoms with Crippen LogP contribution >= 0.6 is 0 Å². The second-order valence-corrected chi connectivity index (χ2v) is 7.34. The molecule has 1 aliphatic carbocycles. The number of amides is 1. The molecule has 1 fully saturated rings. The fourth-order valence-electron chi connectivity index (χ4n) is 3.84. The lowest BCUT2D eigenvalue weighted by molar-refractivity contribution is -0.0140. The first-order chi connectivity index (χ1) is 14.0. The van der Waals surface area contributed by atoms with Gasteiger partial charge >= 0.3 is 0 Å². The summed E-state index contributed by atoms with van der Waals surface area (Å²) >= 11 is 0. The average molecular weight is 399 g/mol. The molecule has 29 heavy (non-hydrogen) atoms. The Bertz CT molecular complexity index is 808. The summed E-state index contributed by atoms with van der Waals surface area (Å²) < 4.78 is 5.92. The van der Waals surface area contributed by atoms with Crippen LogP contribution in [0.25, 0.3) is 0 Å². The lowest BCUT2D eigenvalue weighted by atomic mass is 9.89. The molecular weight excluding hydrogens is 368 g/mol. The molecule has 1 aliphatic rings. The van der Waals surface area contributed by atoms with Crippen molar-refractivity contribution < 1.29 is 19.7 Å². The van der Waals surface area contributed by atoms with Crippen molar-refractivity contribution >= 4 is 11.6 Å². The lowest BCUT2D eigenvalue weighted by Gasteiger charge is -2.35. The molecule has 1 saturated carbocycles. The van der Waals surface area contributed by atoms with Gasteiger partial charge in [0.05, 0.1) is 11.6 Å². The number of benzene rings is 2. The highest BCUT2D eigenvalue weighted by Gasteiger charge is 2.34. The van der Waals surface area contributed by atoms with E-state index >= 15 is 0 Å². The van der Waals surface area contributed by atoms with Crippen LogP contribution in [0.1, 0.15) is 43.5 Å². The molecule has 0 bridgehead atoms. The maximum Gasteiger partial charge on any atom is 0.255 e. The Morgan fingerprint density at radius 2 is 1.86 bits per heavy atom. The van der Waals surface area contributed by atoms with Crippen molar-refractivity contribution in [1.29, 1.82) is 0 Å². The van der Waals surface area contributed by atoms with E-state index in [0.29, 0.717) is 12.2 Å². The summed E-state index contributed by atoms with van der Waals surface area (Å²) in [7, 11) is 0. The SMILES string of the molecule is CCN(CC)c1ccc(C(=O)N[C@@H]2CCC[C@@H](Oc3ccccc3)[C@@H]2O)c(O)c1. The van der Waals surface area contributed by atoms with E-state index in [1.165, 1.54) is 0 Å². The van der Waals surface area contributed by atoms with Gasteiger partial charge in [0.1, 0.15) is 23.7 Å². The van der Waals surface area contributed by atoms with Crippen molar-refractivity contribution in [3.8, 4) is 11.5 Å². The van der Waals surface area contributed by atoms with Gasteiger partial charge in [-0.2, -0.15) is 0 Å². The van der Waals surface area contributed by atoms with Gasteiger partial charge in [-0.25, -0.2) is 0 Å². The van der Waals surface area contributed by atoms with Crippen LogP contribution in [-0.4, -0.2) is 47.5 Å². The minimum atomic E-state index is -0.815. The zero-order chi connectivity index (χ0) is 20.8. The van der Waals surface area contributed by atoms with Crippen LogP contribution in [0, 0.1) is 0 Å². The maximum absolute atomic E-state index is 12.7. The second-order valence-electron chi connectivity index (χ2n) is 7.34. The molecule has 0 heterocycles. The minimum Gasteiger partial charge on any atom is -0.507 e. The number of rotatable bonds is 7. The zero-order valence-corrected chi connectivity index (χ0v) is 17.0. The quantitative estimate of drug-likeness (QED) is 0.666. The molecule has 3 atom stereocenters. The molecule has 1 amide bonds. The van der Waals surface area contributed by atoms with Crippen molar-refractivity contribution in [1.82, 2.24) is 5.32 Å². The predicted molar refractivity (Wildman–Crippen MR) is 114 cm³/mol. The molecule has 0 aromatic heterocycles. The van der Waals surface area contributed by atoms with Crippen LogP contribution in [-0.2, 0) is 0 Å². The molecule has 0 radical (unpaired) electrons. The Labute approximate surface area is 172 Å². The fraction of sp³-hybridized carbons (Fsp3) is 0.435. The van der Waals surface area contributed by atoms with Gasteiger partial charge in [-0.15, -0.1) is 0 Å². The van der Waals surface area contributed by atoms with Gasteiger partial charge < -0.3 is 25.2 Å². The van der Waals surface area contributed by atoms with Gasteiger partial charge in [0.15, 0.2) is 0 Å². The van der Waals surface area contributed by atoms with E-state index in [4.69, 9.17) is 4.74 Å². The van der Waals surface area contributed by atoms with Crippen molar-refractivity contribution in [2.75, 3.05) is 18.0 Å². The second kappa shape index (κ2) is 9.65. The number of carbonyl (C=O) groups excluding carboxylic acids is 1. The first kappa shape index (κ1) is 21.0. The van der Waals surface area contributed by atoms with Gasteiger partial charge in [0, 0.05) is 24.8 Å². The lowest BCUT2D eigenvalue weighted by Crippen LogP contribution is -2.52. The first-order valence-corrected chi connectivity index (χ1v) is 10.3. The summed E-state index contributed by atoms with van der Waals surface area (Å²) in [6.45, 7) is 5.72. The van der Waals surface area contributed by atoms with E-state index in [1.54, 1.807) is 12.1 Å². The summed E-state index contributed by atoms with van der Waals surface area (Å²) in [5.41, 5.74) is 1.08. The van der Waals surface area contributed by atoms with E-state index in [0.717, 1.165) is 31.6 Å². The van der Waals surface area contributed by atoms with Crippen LogP contribution < -0.4 is 15.0 Å². The summed E-state index contributed by atoms with van der Waals surface area (Å²) in [6, 6.07) is 14.0. The zero-order valence-electron chi connectivity index (χ0n) is 17.0. The van der Waals surface area contributed by atoms with E-state index < -0.39 is 18.1 Å². The molecule has 0 unspecified atom stereocenters. The van der Waals surface area contributed by atoms with Gasteiger partial charge in [-0.3, -0.25) is 4.79 Å². The van der Waals surface area contributed by atoms with Crippen molar-refractivity contribution in [3.63, 3.8) is 0 Å². The number of aliphatic hydroxyl groups is 1. The molecule has 0 spiro atoms. The van der Waals surface area contributed by atoms with Crippen LogP contribution in [0.5, 0.6) is 11.5 Å². The highest BCUT2D eigenvalue weighted by Crippen LogP contribution is 2.27. The van der Waals surface area contributed by atoms with Gasteiger partial charge in [0.25, 0.3) is 5.91 Å². The number of anilines is 1. The summed E-state index contributed by atoms with van der Waals surface area (Å²) in [4.78, 5) is 14.8. The number of aromatic hydroxyl groups is 1. The molecule has 6 heteroatoms. The smallest absolute Gasteiger partial charge is 0.255 e. The summed E-state index contributed by atoms with van der Waals surface area (Å²) in [6.07, 6.45) is 1.04. The fourth-order valence-corrected chi connectivity index (χ4v) is 3.84. The maximum atomic E-state index is 12.7. The standard InChI is InChI=1S/C23H30N2O4/c1-3-25(4-2)16-13-14-18(20(26)15-16)23(28)24-19-11-8-12-21(22(19)27)29-17-9-6-5-7-10-17/h5-7,9-10,13-15,19,21-22,26-27H,3-4,8,11-12H2,1-2H3,(H,24,28)/t19-,21-,22-/m1/s1. The number of carbonyl (C=O) groups is 1. The molecule has 6 nitrogen and oxygen atoms in total. The number of ether oxygens (including phenoxy) is 1. The third kappa shape index (κ3) is 5.01. The van der Waals surface area contributed by atoms with Gasteiger partial charge in [-0.1, -0.05) is 18.2 Å². The normalized spacial score (nSPS) is 21.4. The van der Waals surface area contributed by atoms with Crippen LogP contribution in [0.15, 0.2) is 48.5 Å². The Hall–Kier alpha value is -2.73. The Balaban J connectivity index is 1.66.